The second kappa shape index (κ2) is 7.13. The molecule has 19 heavy (non-hydrogen) atoms. The van der Waals surface area contributed by atoms with Gasteiger partial charge in [0.25, 0.3) is 0 Å². The molecule has 0 radical (unpaired) electrons. The van der Waals surface area contributed by atoms with E-state index < -0.39 is 11.9 Å². The van der Waals surface area contributed by atoms with E-state index in [2.05, 4.69) is 22.2 Å². The van der Waals surface area contributed by atoms with E-state index in [1.54, 1.807) is 0 Å². The van der Waals surface area contributed by atoms with Gasteiger partial charge in [0.05, 0.1) is 0 Å². The number of anilines is 2. The van der Waals surface area contributed by atoms with Crippen LogP contribution in [-0.2, 0) is 6.18 Å². The number of hydrogen-bond donors (Lipinski definition) is 3. The summed E-state index contributed by atoms with van der Waals surface area (Å²) >= 11 is 0. The molecule has 8 heteroatoms. The normalized spacial score (nSPS) is 11.4. The maximum atomic E-state index is 12.6. The van der Waals surface area contributed by atoms with Gasteiger partial charge in [-0.15, -0.1) is 0 Å². The van der Waals surface area contributed by atoms with Crippen LogP contribution in [0.1, 0.15) is 38.3 Å². The number of nitrogens with one attached hydrogen (secondary N) is 2. The molecule has 1 rings (SSSR count). The fourth-order valence-electron chi connectivity index (χ4n) is 1.52. The summed E-state index contributed by atoms with van der Waals surface area (Å²) in [5, 5.41) is 2.84. The molecule has 0 bridgehead atoms. The van der Waals surface area contributed by atoms with Gasteiger partial charge >= 0.3 is 6.18 Å². The minimum atomic E-state index is -4.52. The quantitative estimate of drug-likeness (QED) is 0.406. The summed E-state index contributed by atoms with van der Waals surface area (Å²) in [6, 6.07) is 0.876. The second-order valence-corrected chi connectivity index (χ2v) is 4.09. The number of nitrogens with zero attached hydrogens (tertiary/aromatic N) is 2. The highest BCUT2D eigenvalue weighted by atomic mass is 19.4. The summed E-state index contributed by atoms with van der Waals surface area (Å²) in [5.41, 5.74) is 1.01. The Bertz CT molecular complexity index is 394. The van der Waals surface area contributed by atoms with E-state index in [0.29, 0.717) is 6.54 Å². The Morgan fingerprint density at radius 3 is 2.53 bits per heavy atom. The van der Waals surface area contributed by atoms with Gasteiger partial charge in [0, 0.05) is 12.6 Å². The van der Waals surface area contributed by atoms with Crippen LogP contribution in [0.5, 0.6) is 0 Å². The Morgan fingerprint density at radius 1 is 1.21 bits per heavy atom. The Balaban J connectivity index is 2.67. The predicted molar refractivity (Wildman–Crippen MR) is 67.5 cm³/mol. The van der Waals surface area contributed by atoms with Crippen molar-refractivity contribution in [1.82, 2.24) is 9.97 Å². The molecule has 0 aliphatic carbocycles. The molecule has 0 aliphatic heterocycles. The minimum absolute atomic E-state index is 0.117. The van der Waals surface area contributed by atoms with E-state index in [9.17, 15) is 13.2 Å². The van der Waals surface area contributed by atoms with Gasteiger partial charge in [0.15, 0.2) is 5.69 Å². The molecule has 0 spiro atoms. The molecule has 1 aromatic heterocycles. The van der Waals surface area contributed by atoms with Gasteiger partial charge in [-0.05, 0) is 6.42 Å². The summed E-state index contributed by atoms with van der Waals surface area (Å²) < 4.78 is 37.8. The van der Waals surface area contributed by atoms with Crippen molar-refractivity contribution in [3.05, 3.63) is 11.8 Å². The zero-order chi connectivity index (χ0) is 14.3. The molecular weight excluding hydrogens is 259 g/mol. The summed E-state index contributed by atoms with van der Waals surface area (Å²) in [4.78, 5) is 7.09. The number of hydrogen-bond acceptors (Lipinski definition) is 5. The average molecular weight is 277 g/mol. The monoisotopic (exact) mass is 277 g/mol. The lowest BCUT2D eigenvalue weighted by atomic mass is 10.2. The molecule has 0 fully saturated rings. The van der Waals surface area contributed by atoms with E-state index in [4.69, 9.17) is 5.84 Å². The third-order valence-electron chi connectivity index (χ3n) is 2.48. The smallest absolute Gasteiger partial charge is 0.370 e. The highest BCUT2D eigenvalue weighted by Crippen LogP contribution is 2.29. The molecule has 0 aromatic carbocycles. The number of nitrogens with two attached hydrogens (primary N) is 1. The zero-order valence-electron chi connectivity index (χ0n) is 10.7. The molecular formula is C11H18F3N5. The van der Waals surface area contributed by atoms with Gasteiger partial charge in [-0.1, -0.05) is 26.2 Å². The van der Waals surface area contributed by atoms with Gasteiger partial charge in [-0.25, -0.2) is 10.8 Å². The number of rotatable bonds is 7. The van der Waals surface area contributed by atoms with Crippen LogP contribution in [0.4, 0.5) is 24.9 Å². The van der Waals surface area contributed by atoms with Gasteiger partial charge in [-0.2, -0.15) is 18.2 Å². The number of nitrogen functional groups attached to an aromatic ring is 1. The third-order valence-corrected chi connectivity index (χ3v) is 2.48. The van der Waals surface area contributed by atoms with E-state index in [1.807, 2.05) is 5.43 Å². The molecule has 0 saturated carbocycles. The fourth-order valence-corrected chi connectivity index (χ4v) is 1.52. The summed E-state index contributed by atoms with van der Waals surface area (Å²) in [6.45, 7) is 2.66. The van der Waals surface area contributed by atoms with Crippen LogP contribution in [0.3, 0.4) is 0 Å². The molecule has 5 nitrogen and oxygen atoms in total. The molecule has 0 amide bonds. The van der Waals surface area contributed by atoms with Crippen molar-refractivity contribution in [3.63, 3.8) is 0 Å². The lowest BCUT2D eigenvalue weighted by molar-refractivity contribution is -0.141. The van der Waals surface area contributed by atoms with Crippen molar-refractivity contribution in [1.29, 1.82) is 0 Å². The van der Waals surface area contributed by atoms with E-state index in [1.165, 1.54) is 0 Å². The second-order valence-electron chi connectivity index (χ2n) is 4.09. The minimum Gasteiger partial charge on any atom is -0.370 e. The van der Waals surface area contributed by atoms with Crippen LogP contribution in [0.25, 0.3) is 0 Å². The molecule has 0 atom stereocenters. The van der Waals surface area contributed by atoms with Crippen LogP contribution < -0.4 is 16.6 Å². The first-order valence-corrected chi connectivity index (χ1v) is 6.14. The molecule has 0 aliphatic rings. The highest BCUT2D eigenvalue weighted by Gasteiger charge is 2.33. The Kier molecular flexibility index (Phi) is 5.81. The first-order valence-electron chi connectivity index (χ1n) is 6.14. The van der Waals surface area contributed by atoms with E-state index >= 15 is 0 Å². The van der Waals surface area contributed by atoms with Crippen LogP contribution >= 0.6 is 0 Å². The first-order chi connectivity index (χ1) is 8.97. The molecule has 1 heterocycles. The maximum Gasteiger partial charge on any atom is 0.433 e. The number of alkyl halides is 3. The average Bonchev–Trinajstić information content (AvgIpc) is 2.37. The number of hydrazine groups is 1. The predicted octanol–water partition coefficient (Wildman–Crippen LogP) is 2.77. The summed E-state index contributed by atoms with van der Waals surface area (Å²) in [5.74, 6) is 4.91. The Labute approximate surface area is 109 Å². The Hall–Kier alpha value is -1.57. The maximum absolute atomic E-state index is 12.6. The molecule has 108 valence electrons. The molecule has 4 N–H and O–H groups in total. The summed E-state index contributed by atoms with van der Waals surface area (Å²) in [7, 11) is 0. The van der Waals surface area contributed by atoms with Crippen molar-refractivity contribution >= 4 is 11.8 Å². The van der Waals surface area contributed by atoms with Crippen molar-refractivity contribution in [2.75, 3.05) is 17.3 Å². The lowest BCUT2D eigenvalue weighted by Crippen LogP contribution is -2.17. The van der Waals surface area contributed by atoms with Crippen LogP contribution in [-0.4, -0.2) is 16.5 Å². The third kappa shape index (κ3) is 5.29. The number of aromatic nitrogens is 2. The lowest BCUT2D eigenvalue weighted by Gasteiger charge is -2.11. The van der Waals surface area contributed by atoms with E-state index in [-0.39, 0.29) is 11.8 Å². The van der Waals surface area contributed by atoms with Gasteiger partial charge in [-0.3, -0.25) is 5.43 Å². The summed E-state index contributed by atoms with van der Waals surface area (Å²) in [6.07, 6.45) is -0.400. The van der Waals surface area contributed by atoms with Crippen LogP contribution in [0, 0.1) is 0 Å². The first kappa shape index (κ1) is 15.5. The zero-order valence-corrected chi connectivity index (χ0v) is 10.7. The largest absolute Gasteiger partial charge is 0.433 e. The van der Waals surface area contributed by atoms with Crippen LogP contribution in [0.15, 0.2) is 6.07 Å². The highest BCUT2D eigenvalue weighted by molar-refractivity contribution is 5.42. The van der Waals surface area contributed by atoms with Gasteiger partial charge in [0.2, 0.25) is 5.95 Å². The standard InChI is InChI=1S/C11H18F3N5/c1-2-3-4-5-6-16-9-7-8(11(12,13)14)17-10(18-9)19-15/h7H,2-6,15H2,1H3,(H2,16,17,18,19). The van der Waals surface area contributed by atoms with Crippen molar-refractivity contribution < 1.29 is 13.2 Å². The van der Waals surface area contributed by atoms with Crippen molar-refractivity contribution in [2.45, 2.75) is 38.8 Å². The Morgan fingerprint density at radius 2 is 1.95 bits per heavy atom. The topological polar surface area (TPSA) is 75.9 Å². The van der Waals surface area contributed by atoms with Crippen LogP contribution in [0.2, 0.25) is 0 Å². The molecule has 0 unspecified atom stereocenters. The van der Waals surface area contributed by atoms with Crippen molar-refractivity contribution in [2.24, 2.45) is 5.84 Å². The van der Waals surface area contributed by atoms with E-state index in [0.717, 1.165) is 31.7 Å². The van der Waals surface area contributed by atoms with Gasteiger partial charge < -0.3 is 5.32 Å². The molecule has 1 aromatic rings. The SMILES string of the molecule is CCCCCCNc1cc(C(F)(F)F)nc(NN)n1. The fraction of sp³-hybridized carbons (Fsp3) is 0.636. The van der Waals surface area contributed by atoms with Gasteiger partial charge in [0.1, 0.15) is 5.82 Å². The van der Waals surface area contributed by atoms with Crippen molar-refractivity contribution in [3.8, 4) is 0 Å². The number of halogens is 3. The number of unbranched alkanes of at least 4 members (excludes halogenated alkanes) is 3. The molecule has 0 saturated heterocycles.